The molecule has 3 atom stereocenters. The largest absolute Gasteiger partial charge is 0.479 e. The molecule has 3 N–H and O–H groups in total. The highest BCUT2D eigenvalue weighted by Gasteiger charge is 2.65. The maximum absolute atomic E-state index is 13.2. The van der Waals surface area contributed by atoms with Crippen LogP contribution in [0.2, 0.25) is 0 Å². The van der Waals surface area contributed by atoms with Gasteiger partial charge >= 0.3 is 5.97 Å². The third-order valence-electron chi connectivity index (χ3n) is 8.19. The fourth-order valence-electron chi connectivity index (χ4n) is 6.73. The van der Waals surface area contributed by atoms with Gasteiger partial charge in [0.25, 0.3) is 5.91 Å². The van der Waals surface area contributed by atoms with Gasteiger partial charge < -0.3 is 29.4 Å². The third kappa shape index (κ3) is 1.71. The van der Waals surface area contributed by atoms with Crippen LogP contribution in [0, 0.1) is 0 Å². The maximum atomic E-state index is 13.2. The fraction of sp³-hybridized carbons (Fsp3) is 0.231. The first-order valence-corrected chi connectivity index (χ1v) is 11.3. The highest BCUT2D eigenvalue weighted by atomic mass is 16.6. The number of carbonyl (C=O) groups is 2. The lowest BCUT2D eigenvalue weighted by Gasteiger charge is -2.36. The normalized spacial score (nSPS) is 27.2. The number of aromatic nitrogens is 2. The first-order valence-electron chi connectivity index (χ1n) is 11.3. The van der Waals surface area contributed by atoms with Crippen molar-refractivity contribution in [1.82, 2.24) is 14.5 Å². The minimum absolute atomic E-state index is 0.111. The predicted molar refractivity (Wildman–Crippen MR) is 125 cm³/mol. The number of benzene rings is 3. The van der Waals surface area contributed by atoms with Gasteiger partial charge in [0.15, 0.2) is 5.72 Å². The van der Waals surface area contributed by atoms with Crippen molar-refractivity contribution in [2.45, 2.75) is 37.4 Å². The molecule has 3 aliphatic heterocycles. The summed E-state index contributed by atoms with van der Waals surface area (Å²) in [6.07, 6.45) is -0.846. The van der Waals surface area contributed by atoms with Crippen LogP contribution in [0.25, 0.3) is 43.6 Å². The number of hydrogen-bond donors (Lipinski definition) is 3. The molecular formula is C26H19N3O5. The number of nitrogens with zero attached hydrogens (tertiary/aromatic N) is 2. The van der Waals surface area contributed by atoms with Gasteiger partial charge in [-0.3, -0.25) is 4.79 Å². The molecule has 8 nitrogen and oxygen atoms in total. The molecule has 0 radical (unpaired) electrons. The molecule has 8 rings (SSSR count). The smallest absolute Gasteiger partial charge is 0.341 e. The number of nitrogens with one attached hydrogen (secondary N) is 1. The Morgan fingerprint density at radius 3 is 2.47 bits per heavy atom. The molecule has 3 aliphatic rings. The highest BCUT2D eigenvalue weighted by Crippen LogP contribution is 2.57. The first-order chi connectivity index (χ1) is 16.4. The summed E-state index contributed by atoms with van der Waals surface area (Å²) in [5, 5.41) is 28.4. The number of rotatable bonds is 1. The predicted octanol–water partition coefficient (Wildman–Crippen LogP) is 3.57. The van der Waals surface area contributed by atoms with Crippen molar-refractivity contribution < 1.29 is 24.5 Å². The number of carboxylic acids is 1. The van der Waals surface area contributed by atoms with E-state index in [1.54, 1.807) is 6.92 Å². The number of carbonyl (C=O) groups excluding carboxylic acids is 1. The Bertz CT molecular complexity index is 1810. The molecule has 1 amide bonds. The summed E-state index contributed by atoms with van der Waals surface area (Å²) in [6, 6.07) is 15.5. The van der Waals surface area contributed by atoms with Crippen molar-refractivity contribution in [3.05, 3.63) is 59.7 Å². The fourth-order valence-corrected chi connectivity index (χ4v) is 6.73. The van der Waals surface area contributed by atoms with Crippen LogP contribution < -0.4 is 5.32 Å². The average Bonchev–Trinajstić information content (AvgIpc) is 3.51. The molecular weight excluding hydrogens is 434 g/mol. The van der Waals surface area contributed by atoms with Crippen molar-refractivity contribution >= 4 is 55.5 Å². The second-order valence-corrected chi connectivity index (χ2v) is 9.65. The lowest BCUT2D eigenvalue weighted by atomic mass is 9.89. The van der Waals surface area contributed by atoms with Crippen LogP contribution in [0.15, 0.2) is 48.5 Å². The van der Waals surface area contributed by atoms with E-state index in [4.69, 9.17) is 4.74 Å². The molecule has 0 aliphatic carbocycles. The number of carboxylic acid groups (broad SMARTS) is 1. The van der Waals surface area contributed by atoms with Crippen molar-refractivity contribution in [2.75, 3.05) is 0 Å². The molecule has 2 unspecified atom stereocenters. The van der Waals surface area contributed by atoms with E-state index >= 15 is 0 Å². The number of para-hydroxylation sites is 2. The van der Waals surface area contributed by atoms with E-state index in [9.17, 15) is 19.8 Å². The Morgan fingerprint density at radius 2 is 1.74 bits per heavy atom. The van der Waals surface area contributed by atoms with Crippen LogP contribution in [-0.2, 0) is 21.8 Å². The van der Waals surface area contributed by atoms with E-state index in [0.717, 1.165) is 49.2 Å². The van der Waals surface area contributed by atoms with E-state index < -0.39 is 23.5 Å². The first kappa shape index (κ1) is 18.5. The zero-order valence-electron chi connectivity index (χ0n) is 18.1. The monoisotopic (exact) mass is 453 g/mol. The molecule has 168 valence electrons. The Labute approximate surface area is 191 Å². The van der Waals surface area contributed by atoms with Crippen LogP contribution in [0.5, 0.6) is 0 Å². The average molecular weight is 453 g/mol. The molecule has 5 aromatic rings. The van der Waals surface area contributed by atoms with Crippen LogP contribution >= 0.6 is 0 Å². The van der Waals surface area contributed by atoms with Gasteiger partial charge in [0.05, 0.1) is 27.6 Å². The van der Waals surface area contributed by atoms with Crippen molar-refractivity contribution in [3.8, 4) is 0 Å². The summed E-state index contributed by atoms with van der Waals surface area (Å²) in [4.78, 5) is 25.7. The molecule has 5 heterocycles. The molecule has 1 fully saturated rings. The third-order valence-corrected chi connectivity index (χ3v) is 8.19. The van der Waals surface area contributed by atoms with Crippen LogP contribution in [0.1, 0.15) is 35.5 Å². The summed E-state index contributed by atoms with van der Waals surface area (Å²) >= 11 is 0. The van der Waals surface area contributed by atoms with Gasteiger partial charge in [-0.2, -0.15) is 0 Å². The van der Waals surface area contributed by atoms with Crippen molar-refractivity contribution in [1.29, 1.82) is 0 Å². The highest BCUT2D eigenvalue weighted by molar-refractivity contribution is 6.31. The SMILES string of the molecule is CC12OC(C[C@]1(O)C(=O)O)n1c3ccccc3c3c4c(c5c6ccccc6n2c5c31)CNC4=O. The minimum Gasteiger partial charge on any atom is -0.479 e. The second kappa shape index (κ2) is 5.43. The van der Waals surface area contributed by atoms with Crippen LogP contribution in [0.3, 0.4) is 0 Å². The summed E-state index contributed by atoms with van der Waals surface area (Å²) < 4.78 is 10.4. The Balaban J connectivity index is 1.77. The number of ether oxygens (including phenoxy) is 1. The Kier molecular flexibility index (Phi) is 2.96. The van der Waals surface area contributed by atoms with Crippen LogP contribution in [0.4, 0.5) is 0 Å². The molecule has 2 aromatic heterocycles. The van der Waals surface area contributed by atoms with E-state index in [2.05, 4.69) is 5.32 Å². The Morgan fingerprint density at radius 1 is 1.06 bits per heavy atom. The second-order valence-electron chi connectivity index (χ2n) is 9.65. The topological polar surface area (TPSA) is 106 Å². The number of aliphatic hydroxyl groups is 1. The minimum atomic E-state index is -2.16. The van der Waals surface area contributed by atoms with Gasteiger partial charge in [0.1, 0.15) is 6.23 Å². The van der Waals surface area contributed by atoms with Gasteiger partial charge in [-0.1, -0.05) is 36.4 Å². The maximum Gasteiger partial charge on any atom is 0.341 e. The standard InChI is InChI=1S/C26H19N3O5/c1-25-26(33,24(31)32)10-17(34-25)28-15-8-4-2-6-12(15)19-20-14(11-27-23(20)30)18-13-7-3-5-9-16(13)29(25)22(18)21(19)28/h2-9,17,33H,10-11H2,1H3,(H,27,30)(H,31,32)/t17?,25?,26-/m0/s1. The number of amides is 1. The summed E-state index contributed by atoms with van der Waals surface area (Å²) in [5.41, 5.74) is 1.05. The van der Waals surface area contributed by atoms with E-state index in [-0.39, 0.29) is 12.3 Å². The molecule has 0 saturated carbocycles. The number of hydrogen-bond acceptors (Lipinski definition) is 4. The summed E-state index contributed by atoms with van der Waals surface area (Å²) in [5.74, 6) is -1.43. The zero-order chi connectivity index (χ0) is 23.1. The van der Waals surface area contributed by atoms with Crippen molar-refractivity contribution in [2.24, 2.45) is 0 Å². The lowest BCUT2D eigenvalue weighted by Crippen LogP contribution is -2.55. The molecule has 1 saturated heterocycles. The van der Waals surface area contributed by atoms with E-state index in [0.29, 0.717) is 12.1 Å². The number of fused-ring (bicyclic) bond motifs is 13. The zero-order valence-corrected chi connectivity index (χ0v) is 18.1. The van der Waals surface area contributed by atoms with Gasteiger partial charge in [-0.15, -0.1) is 0 Å². The van der Waals surface area contributed by atoms with E-state index in [1.165, 1.54) is 0 Å². The molecule has 8 heteroatoms. The molecule has 3 aromatic carbocycles. The Hall–Kier alpha value is -3.88. The van der Waals surface area contributed by atoms with E-state index in [1.807, 2.05) is 57.7 Å². The molecule has 0 spiro atoms. The van der Waals surface area contributed by atoms with Gasteiger partial charge in [0.2, 0.25) is 5.60 Å². The summed E-state index contributed by atoms with van der Waals surface area (Å²) in [7, 11) is 0. The molecule has 34 heavy (non-hydrogen) atoms. The van der Waals surface area contributed by atoms with Gasteiger partial charge in [-0.05, 0) is 24.6 Å². The molecule has 2 bridgehead atoms. The number of aliphatic carboxylic acids is 1. The van der Waals surface area contributed by atoms with Gasteiger partial charge in [0, 0.05) is 34.5 Å². The lowest BCUT2D eigenvalue weighted by molar-refractivity contribution is -0.200. The van der Waals surface area contributed by atoms with Crippen molar-refractivity contribution in [3.63, 3.8) is 0 Å². The summed E-state index contributed by atoms with van der Waals surface area (Å²) in [6.45, 7) is 2.04. The van der Waals surface area contributed by atoms with Crippen LogP contribution in [-0.4, -0.2) is 36.8 Å². The quantitative estimate of drug-likeness (QED) is 0.360. The van der Waals surface area contributed by atoms with Gasteiger partial charge in [-0.25, -0.2) is 4.79 Å².